The normalized spacial score (nSPS) is 11.8. The van der Waals surface area contributed by atoms with E-state index >= 15 is 0 Å². The molecule has 0 bridgehead atoms. The summed E-state index contributed by atoms with van der Waals surface area (Å²) in [5.41, 5.74) is 0.647. The van der Waals surface area contributed by atoms with Crippen LogP contribution in [-0.2, 0) is 4.79 Å². The van der Waals surface area contributed by atoms with Gasteiger partial charge in [0.15, 0.2) is 11.9 Å². The molecule has 0 saturated heterocycles. The fraction of sp³-hybridized carbons (Fsp3) is 0.118. The van der Waals surface area contributed by atoms with Crippen LogP contribution in [0.3, 0.4) is 0 Å². The molecule has 1 atom stereocenters. The number of halogens is 2. The van der Waals surface area contributed by atoms with Crippen LogP contribution < -0.4 is 10.1 Å². The standard InChI is InChI=1S/C17H13F2N3O2S/c1-10(24-14-8-6-13(19)7-9-14)16(23)21-17-20-15(22-25-17)11-2-4-12(18)5-3-11/h2-10H,1H3,(H,20,21,22,23). The predicted molar refractivity (Wildman–Crippen MR) is 90.4 cm³/mol. The molecule has 3 aromatic rings. The molecule has 0 fully saturated rings. The van der Waals surface area contributed by atoms with Crippen LogP contribution in [0.5, 0.6) is 5.75 Å². The van der Waals surface area contributed by atoms with Crippen molar-refractivity contribution in [3.8, 4) is 17.1 Å². The maximum atomic E-state index is 12.9. The first-order chi connectivity index (χ1) is 12.0. The molecular formula is C17H13F2N3O2S. The summed E-state index contributed by atoms with van der Waals surface area (Å²) in [6.07, 6.45) is -0.802. The molecule has 0 radical (unpaired) electrons. The van der Waals surface area contributed by atoms with E-state index in [4.69, 9.17) is 4.74 Å². The number of rotatable bonds is 5. The van der Waals surface area contributed by atoms with Crippen molar-refractivity contribution in [2.45, 2.75) is 13.0 Å². The van der Waals surface area contributed by atoms with Crippen LogP contribution in [0, 0.1) is 11.6 Å². The van der Waals surface area contributed by atoms with Gasteiger partial charge in [0.1, 0.15) is 17.4 Å². The van der Waals surface area contributed by atoms with Crippen molar-refractivity contribution in [1.29, 1.82) is 0 Å². The van der Waals surface area contributed by atoms with Crippen molar-refractivity contribution in [2.24, 2.45) is 0 Å². The average Bonchev–Trinajstić information content (AvgIpc) is 3.06. The van der Waals surface area contributed by atoms with E-state index in [1.54, 1.807) is 19.1 Å². The van der Waals surface area contributed by atoms with E-state index in [0.717, 1.165) is 11.5 Å². The number of nitrogens with zero attached hydrogens (tertiary/aromatic N) is 2. The number of carbonyl (C=O) groups is 1. The molecule has 2 aromatic carbocycles. The summed E-state index contributed by atoms with van der Waals surface area (Å²) in [5, 5.41) is 2.91. The van der Waals surface area contributed by atoms with Crippen molar-refractivity contribution in [2.75, 3.05) is 5.32 Å². The minimum absolute atomic E-state index is 0.305. The van der Waals surface area contributed by atoms with Crippen molar-refractivity contribution in [1.82, 2.24) is 9.36 Å². The number of hydrogen-bond donors (Lipinski definition) is 1. The molecule has 0 aliphatic carbocycles. The Labute approximate surface area is 146 Å². The number of carbonyl (C=O) groups excluding carboxylic acids is 1. The summed E-state index contributed by atoms with van der Waals surface area (Å²) in [6, 6.07) is 11.1. The van der Waals surface area contributed by atoms with Gasteiger partial charge in [0.05, 0.1) is 0 Å². The number of anilines is 1. The van der Waals surface area contributed by atoms with Gasteiger partial charge in [-0.15, -0.1) is 0 Å². The van der Waals surface area contributed by atoms with Gasteiger partial charge in [-0.05, 0) is 55.5 Å². The van der Waals surface area contributed by atoms with Gasteiger partial charge < -0.3 is 4.74 Å². The van der Waals surface area contributed by atoms with E-state index in [1.807, 2.05) is 0 Å². The smallest absolute Gasteiger partial charge is 0.266 e. The van der Waals surface area contributed by atoms with Gasteiger partial charge in [-0.2, -0.15) is 9.36 Å². The SMILES string of the molecule is CC(Oc1ccc(F)cc1)C(=O)Nc1nc(-c2ccc(F)cc2)ns1. The van der Waals surface area contributed by atoms with E-state index < -0.39 is 12.0 Å². The van der Waals surface area contributed by atoms with Crippen LogP contribution in [0.1, 0.15) is 6.92 Å². The number of benzene rings is 2. The van der Waals surface area contributed by atoms with Gasteiger partial charge in [-0.25, -0.2) is 8.78 Å². The second-order valence-corrected chi connectivity index (χ2v) is 5.89. The molecule has 0 spiro atoms. The molecule has 1 aromatic heterocycles. The van der Waals surface area contributed by atoms with Crippen LogP contribution >= 0.6 is 11.5 Å². The number of hydrogen-bond acceptors (Lipinski definition) is 5. The van der Waals surface area contributed by atoms with E-state index in [-0.39, 0.29) is 11.6 Å². The Kier molecular flexibility index (Phi) is 4.99. The molecule has 0 saturated carbocycles. The largest absolute Gasteiger partial charge is 0.481 e. The molecule has 5 nitrogen and oxygen atoms in total. The molecule has 25 heavy (non-hydrogen) atoms. The molecule has 3 rings (SSSR count). The zero-order valence-electron chi connectivity index (χ0n) is 13.1. The molecule has 1 heterocycles. The number of ether oxygens (including phenoxy) is 1. The number of aromatic nitrogens is 2. The lowest BCUT2D eigenvalue weighted by molar-refractivity contribution is -0.122. The Morgan fingerprint density at radius 1 is 1.08 bits per heavy atom. The minimum atomic E-state index is -0.802. The Morgan fingerprint density at radius 2 is 1.68 bits per heavy atom. The predicted octanol–water partition coefficient (Wildman–Crippen LogP) is 3.89. The van der Waals surface area contributed by atoms with Crippen LogP contribution in [0.2, 0.25) is 0 Å². The first-order valence-corrected chi connectivity index (χ1v) is 8.11. The van der Waals surface area contributed by atoms with Gasteiger partial charge >= 0.3 is 0 Å². The fourth-order valence-corrected chi connectivity index (χ4v) is 2.56. The lowest BCUT2D eigenvalue weighted by Gasteiger charge is -2.13. The molecule has 0 aliphatic heterocycles. The molecule has 1 amide bonds. The zero-order chi connectivity index (χ0) is 17.8. The third-order valence-electron chi connectivity index (χ3n) is 3.25. The van der Waals surface area contributed by atoms with Crippen molar-refractivity contribution < 1.29 is 18.3 Å². The molecular weight excluding hydrogens is 348 g/mol. The van der Waals surface area contributed by atoms with Crippen LogP contribution in [0.4, 0.5) is 13.9 Å². The molecule has 128 valence electrons. The third kappa shape index (κ3) is 4.36. The fourth-order valence-electron chi connectivity index (χ4n) is 1.97. The molecule has 0 aliphatic rings. The van der Waals surface area contributed by atoms with Crippen LogP contribution in [-0.4, -0.2) is 21.4 Å². The van der Waals surface area contributed by atoms with Crippen molar-refractivity contribution in [3.05, 3.63) is 60.2 Å². The monoisotopic (exact) mass is 361 g/mol. The first kappa shape index (κ1) is 17.0. The topological polar surface area (TPSA) is 64.1 Å². The Hall–Kier alpha value is -2.87. The average molecular weight is 361 g/mol. The Bertz CT molecular complexity index is 866. The summed E-state index contributed by atoms with van der Waals surface area (Å²) < 4.78 is 35.4. The molecule has 8 heteroatoms. The summed E-state index contributed by atoms with van der Waals surface area (Å²) in [4.78, 5) is 16.4. The maximum Gasteiger partial charge on any atom is 0.266 e. The van der Waals surface area contributed by atoms with E-state index in [1.165, 1.54) is 36.4 Å². The second-order valence-electron chi connectivity index (χ2n) is 5.13. The minimum Gasteiger partial charge on any atom is -0.481 e. The Morgan fingerprint density at radius 3 is 2.32 bits per heavy atom. The highest BCUT2D eigenvalue weighted by atomic mass is 32.1. The van der Waals surface area contributed by atoms with E-state index in [2.05, 4.69) is 14.7 Å². The zero-order valence-corrected chi connectivity index (χ0v) is 13.9. The highest BCUT2D eigenvalue weighted by molar-refractivity contribution is 7.10. The third-order valence-corrected chi connectivity index (χ3v) is 3.88. The Balaban J connectivity index is 1.62. The summed E-state index contributed by atoms with van der Waals surface area (Å²) in [5.74, 6) is -0.363. The highest BCUT2D eigenvalue weighted by Gasteiger charge is 2.17. The lowest BCUT2D eigenvalue weighted by Crippen LogP contribution is -2.30. The molecule has 1 unspecified atom stereocenters. The second kappa shape index (κ2) is 7.35. The highest BCUT2D eigenvalue weighted by Crippen LogP contribution is 2.22. The summed E-state index contributed by atoms with van der Waals surface area (Å²) in [6.45, 7) is 1.57. The lowest BCUT2D eigenvalue weighted by atomic mass is 10.2. The van der Waals surface area contributed by atoms with Crippen molar-refractivity contribution in [3.63, 3.8) is 0 Å². The van der Waals surface area contributed by atoms with E-state index in [9.17, 15) is 13.6 Å². The molecule has 1 N–H and O–H groups in total. The van der Waals surface area contributed by atoms with Crippen LogP contribution in [0.15, 0.2) is 48.5 Å². The van der Waals surface area contributed by atoms with Gasteiger partial charge in [-0.1, -0.05) is 0 Å². The van der Waals surface area contributed by atoms with E-state index in [0.29, 0.717) is 22.3 Å². The van der Waals surface area contributed by atoms with Gasteiger partial charge in [0.25, 0.3) is 5.91 Å². The summed E-state index contributed by atoms with van der Waals surface area (Å²) >= 11 is 1.01. The maximum absolute atomic E-state index is 12.9. The van der Waals surface area contributed by atoms with Gasteiger partial charge in [-0.3, -0.25) is 10.1 Å². The number of amides is 1. The van der Waals surface area contributed by atoms with Crippen molar-refractivity contribution >= 4 is 22.6 Å². The number of nitrogens with one attached hydrogen (secondary N) is 1. The summed E-state index contributed by atoms with van der Waals surface area (Å²) in [7, 11) is 0. The van der Waals surface area contributed by atoms with Crippen LogP contribution in [0.25, 0.3) is 11.4 Å². The first-order valence-electron chi connectivity index (χ1n) is 7.34. The quantitative estimate of drug-likeness (QED) is 0.749. The van der Waals surface area contributed by atoms with Gasteiger partial charge in [0.2, 0.25) is 5.13 Å². The van der Waals surface area contributed by atoms with Gasteiger partial charge in [0, 0.05) is 17.1 Å².